The van der Waals surface area contributed by atoms with Gasteiger partial charge < -0.3 is 9.52 Å². The lowest BCUT2D eigenvalue weighted by Gasteiger charge is -2.27. The van der Waals surface area contributed by atoms with E-state index in [2.05, 4.69) is 72.7 Å². The van der Waals surface area contributed by atoms with E-state index in [0.717, 1.165) is 28.1 Å². The molecule has 3 nitrogen and oxygen atoms in total. The lowest BCUT2D eigenvalue weighted by Crippen LogP contribution is -2.17. The number of phenols is 1. The van der Waals surface area contributed by atoms with Gasteiger partial charge in [0.15, 0.2) is 0 Å². The third kappa shape index (κ3) is 5.05. The maximum Gasteiger partial charge on any atom is 0.226 e. The first kappa shape index (κ1) is 21.5. The van der Waals surface area contributed by atoms with Crippen molar-refractivity contribution in [2.24, 2.45) is 0 Å². The van der Waals surface area contributed by atoms with Crippen LogP contribution in [0.4, 0.5) is 0 Å². The summed E-state index contributed by atoms with van der Waals surface area (Å²) in [5, 5.41) is 10.9. The van der Waals surface area contributed by atoms with E-state index in [9.17, 15) is 5.11 Å². The Morgan fingerprint density at radius 3 is 2.00 bits per heavy atom. The molecule has 0 aliphatic rings. The minimum Gasteiger partial charge on any atom is -0.507 e. The van der Waals surface area contributed by atoms with Gasteiger partial charge in [-0.3, -0.25) is 0 Å². The fourth-order valence-corrected chi connectivity index (χ4v) is 3.97. The molecule has 0 atom stereocenters. The van der Waals surface area contributed by atoms with Crippen LogP contribution < -0.4 is 0 Å². The zero-order valence-corrected chi connectivity index (χ0v) is 19.3. The summed E-state index contributed by atoms with van der Waals surface area (Å²) in [7, 11) is 0. The van der Waals surface area contributed by atoms with Crippen molar-refractivity contribution >= 4 is 11.8 Å². The number of oxazole rings is 1. The first-order valence-electron chi connectivity index (χ1n) is 9.97. The molecule has 2 aromatic carbocycles. The molecular weight excluding hydrogens is 378 g/mol. The van der Waals surface area contributed by atoms with Gasteiger partial charge in [-0.05, 0) is 42.0 Å². The number of benzene rings is 2. The molecule has 0 radical (unpaired) electrons. The normalized spacial score (nSPS) is 12.4. The molecule has 3 aromatic rings. The third-order valence-corrected chi connectivity index (χ3v) is 5.98. The highest BCUT2D eigenvalue weighted by atomic mass is 32.2. The van der Waals surface area contributed by atoms with Crippen LogP contribution in [0.5, 0.6) is 5.75 Å². The molecule has 0 amide bonds. The Morgan fingerprint density at radius 1 is 0.931 bits per heavy atom. The van der Waals surface area contributed by atoms with Gasteiger partial charge in [0.1, 0.15) is 12.0 Å². The topological polar surface area (TPSA) is 46.3 Å². The van der Waals surface area contributed by atoms with E-state index in [0.29, 0.717) is 11.6 Å². The lowest BCUT2D eigenvalue weighted by atomic mass is 9.78. The maximum absolute atomic E-state index is 10.9. The molecule has 0 fully saturated rings. The quantitative estimate of drug-likeness (QED) is 0.461. The molecule has 1 aromatic heterocycles. The van der Waals surface area contributed by atoms with Crippen molar-refractivity contribution in [3.8, 4) is 17.2 Å². The molecule has 3 rings (SSSR count). The Bertz CT molecular complexity index is 954. The van der Waals surface area contributed by atoms with Gasteiger partial charge in [-0.15, -0.1) is 11.8 Å². The predicted octanol–water partition coefficient (Wildman–Crippen LogP) is 7.24. The minimum atomic E-state index is -0.184. The first-order valence-corrected chi connectivity index (χ1v) is 11.0. The van der Waals surface area contributed by atoms with Crippen LogP contribution in [-0.2, 0) is 16.6 Å². The second-order valence-corrected chi connectivity index (χ2v) is 10.7. The van der Waals surface area contributed by atoms with Crippen LogP contribution in [0.25, 0.3) is 11.5 Å². The van der Waals surface area contributed by atoms with Crippen molar-refractivity contribution < 1.29 is 9.52 Å². The fourth-order valence-electron chi connectivity index (χ4n) is 3.20. The van der Waals surface area contributed by atoms with E-state index in [1.807, 2.05) is 12.1 Å². The van der Waals surface area contributed by atoms with Crippen molar-refractivity contribution in [3.05, 3.63) is 65.0 Å². The highest BCUT2D eigenvalue weighted by molar-refractivity contribution is 7.98. The van der Waals surface area contributed by atoms with Gasteiger partial charge in [-0.2, -0.15) is 0 Å². The summed E-state index contributed by atoms with van der Waals surface area (Å²) in [4.78, 5) is 5.94. The van der Waals surface area contributed by atoms with Crippen LogP contribution in [0.15, 0.2) is 52.0 Å². The second-order valence-electron chi connectivity index (χ2n) is 9.67. The van der Waals surface area contributed by atoms with Crippen LogP contribution >= 0.6 is 11.8 Å². The number of hydrogen-bond donors (Lipinski definition) is 1. The monoisotopic (exact) mass is 409 g/mol. The van der Waals surface area contributed by atoms with Crippen molar-refractivity contribution in [1.29, 1.82) is 0 Å². The lowest BCUT2D eigenvalue weighted by molar-refractivity contribution is 0.423. The van der Waals surface area contributed by atoms with E-state index < -0.39 is 0 Å². The smallest absolute Gasteiger partial charge is 0.226 e. The molecule has 1 heterocycles. The molecule has 0 bridgehead atoms. The van der Waals surface area contributed by atoms with Crippen LogP contribution in [0.1, 0.15) is 63.9 Å². The molecule has 0 aliphatic carbocycles. The summed E-state index contributed by atoms with van der Waals surface area (Å²) < 4.78 is 5.83. The van der Waals surface area contributed by atoms with E-state index in [4.69, 9.17) is 9.40 Å². The Hall–Kier alpha value is -2.20. The molecule has 4 heteroatoms. The van der Waals surface area contributed by atoms with E-state index in [1.165, 1.54) is 10.5 Å². The number of rotatable bonds is 4. The summed E-state index contributed by atoms with van der Waals surface area (Å²) >= 11 is 1.75. The fraction of sp³-hybridized carbons (Fsp3) is 0.400. The molecular formula is C25H31NO2S. The SMILES string of the molecule is Cc1ccc(SCc2coc(-c3cc(C(C)(C)C)c(O)c(C(C)(C)C)c3)n2)cc1. The highest BCUT2D eigenvalue weighted by Crippen LogP contribution is 2.41. The van der Waals surface area contributed by atoms with Crippen LogP contribution in [0, 0.1) is 6.92 Å². The molecule has 0 saturated carbocycles. The second kappa shape index (κ2) is 7.91. The van der Waals surface area contributed by atoms with Gasteiger partial charge in [0.25, 0.3) is 0 Å². The van der Waals surface area contributed by atoms with E-state index in [-0.39, 0.29) is 10.8 Å². The Balaban J connectivity index is 1.91. The Labute approximate surface area is 178 Å². The predicted molar refractivity (Wildman–Crippen MR) is 122 cm³/mol. The molecule has 0 spiro atoms. The van der Waals surface area contributed by atoms with Crippen LogP contribution in [0.3, 0.4) is 0 Å². The van der Waals surface area contributed by atoms with Crippen molar-refractivity contribution in [3.63, 3.8) is 0 Å². The van der Waals surface area contributed by atoms with E-state index >= 15 is 0 Å². The van der Waals surface area contributed by atoms with Gasteiger partial charge in [-0.25, -0.2) is 4.98 Å². The van der Waals surface area contributed by atoms with E-state index in [1.54, 1.807) is 18.0 Å². The molecule has 0 aliphatic heterocycles. The standard InChI is InChI=1S/C25H31NO2S/c1-16-8-10-19(11-9-16)29-15-18-14-28-23(26-18)17-12-20(24(2,3)4)22(27)21(13-17)25(5,6)7/h8-14,27H,15H2,1-7H3. The average molecular weight is 410 g/mol. The molecule has 0 saturated heterocycles. The maximum atomic E-state index is 10.9. The molecule has 154 valence electrons. The van der Waals surface area contributed by atoms with Crippen molar-refractivity contribution in [1.82, 2.24) is 4.98 Å². The zero-order valence-electron chi connectivity index (χ0n) is 18.5. The van der Waals surface area contributed by atoms with Gasteiger partial charge in [0.05, 0.1) is 5.69 Å². The minimum absolute atomic E-state index is 0.184. The Kier molecular flexibility index (Phi) is 5.86. The first-order chi connectivity index (χ1) is 13.4. The molecule has 29 heavy (non-hydrogen) atoms. The van der Waals surface area contributed by atoms with Crippen molar-refractivity contribution in [2.75, 3.05) is 0 Å². The number of phenolic OH excluding ortho intramolecular Hbond substituents is 1. The summed E-state index contributed by atoms with van der Waals surface area (Å²) in [5.41, 5.74) is 4.53. The number of aryl methyl sites for hydroxylation is 1. The van der Waals surface area contributed by atoms with Gasteiger partial charge in [0.2, 0.25) is 5.89 Å². The van der Waals surface area contributed by atoms with Gasteiger partial charge >= 0.3 is 0 Å². The molecule has 1 N–H and O–H groups in total. The Morgan fingerprint density at radius 2 is 1.48 bits per heavy atom. The highest BCUT2D eigenvalue weighted by Gasteiger charge is 2.27. The number of aromatic hydroxyl groups is 1. The third-order valence-electron chi connectivity index (χ3n) is 4.93. The largest absolute Gasteiger partial charge is 0.507 e. The number of aromatic nitrogens is 1. The summed E-state index contributed by atoms with van der Waals surface area (Å²) in [6, 6.07) is 12.5. The van der Waals surface area contributed by atoms with Crippen LogP contribution in [0.2, 0.25) is 0 Å². The van der Waals surface area contributed by atoms with Gasteiger partial charge in [0, 0.05) is 27.3 Å². The average Bonchev–Trinajstić information content (AvgIpc) is 3.08. The number of thioether (sulfide) groups is 1. The van der Waals surface area contributed by atoms with Crippen LogP contribution in [-0.4, -0.2) is 10.1 Å². The number of hydrogen-bond acceptors (Lipinski definition) is 4. The molecule has 0 unspecified atom stereocenters. The summed E-state index contributed by atoms with van der Waals surface area (Å²) in [6.07, 6.45) is 1.73. The number of nitrogens with zero attached hydrogens (tertiary/aromatic N) is 1. The summed E-state index contributed by atoms with van der Waals surface area (Å²) in [6.45, 7) is 14.7. The summed E-state index contributed by atoms with van der Waals surface area (Å²) in [5.74, 6) is 1.72. The zero-order chi connectivity index (χ0) is 21.4. The van der Waals surface area contributed by atoms with Crippen molar-refractivity contribution in [2.45, 2.75) is 69.9 Å². The van der Waals surface area contributed by atoms with Gasteiger partial charge in [-0.1, -0.05) is 59.2 Å².